The maximum absolute atomic E-state index is 10.6. The van der Waals surface area contributed by atoms with Crippen molar-refractivity contribution in [3.05, 3.63) is 188 Å². The van der Waals surface area contributed by atoms with Gasteiger partial charge in [-0.15, -0.1) is 0 Å². The molecule has 9 aromatic rings. The summed E-state index contributed by atoms with van der Waals surface area (Å²) < 4.78 is 2.38. The van der Waals surface area contributed by atoms with Gasteiger partial charge in [-0.25, -0.2) is 9.97 Å². The first-order chi connectivity index (χ1) is 25.3. The van der Waals surface area contributed by atoms with Gasteiger partial charge in [-0.2, -0.15) is 5.26 Å². The summed E-state index contributed by atoms with van der Waals surface area (Å²) in [5.41, 5.74) is 11.7. The summed E-state index contributed by atoms with van der Waals surface area (Å²) in [7, 11) is 0. The number of aromatic nitrogens is 3. The first-order valence-electron chi connectivity index (χ1n) is 17.0. The minimum absolute atomic E-state index is 0.444. The van der Waals surface area contributed by atoms with Crippen molar-refractivity contribution in [3.63, 3.8) is 0 Å². The van der Waals surface area contributed by atoms with E-state index in [1.54, 1.807) is 0 Å². The smallest absolute Gasteiger partial charge is 0.161 e. The van der Waals surface area contributed by atoms with Crippen molar-refractivity contribution in [1.82, 2.24) is 14.5 Å². The molecule has 7 aromatic carbocycles. The van der Waals surface area contributed by atoms with Gasteiger partial charge in [-0.1, -0.05) is 158 Å². The second kappa shape index (κ2) is 12.7. The number of fused-ring (bicyclic) bond motifs is 3. The summed E-state index contributed by atoms with van der Waals surface area (Å²) in [4.78, 5) is 10.6. The molecule has 0 aliphatic carbocycles. The van der Waals surface area contributed by atoms with Crippen LogP contribution in [0, 0.1) is 11.3 Å². The van der Waals surface area contributed by atoms with Crippen LogP contribution in [0.3, 0.4) is 0 Å². The third-order valence-corrected chi connectivity index (χ3v) is 9.46. The fourth-order valence-corrected chi connectivity index (χ4v) is 7.16. The Bertz CT molecular complexity index is 2610. The van der Waals surface area contributed by atoms with E-state index in [1.165, 1.54) is 10.8 Å². The van der Waals surface area contributed by atoms with E-state index < -0.39 is 0 Å². The first-order valence-corrected chi connectivity index (χ1v) is 17.0. The van der Waals surface area contributed by atoms with E-state index in [0.29, 0.717) is 22.8 Å². The van der Waals surface area contributed by atoms with Gasteiger partial charge < -0.3 is 4.57 Å². The lowest BCUT2D eigenvalue weighted by molar-refractivity contribution is 1.15. The predicted molar refractivity (Wildman–Crippen MR) is 208 cm³/mol. The van der Waals surface area contributed by atoms with Crippen molar-refractivity contribution in [2.75, 3.05) is 0 Å². The Morgan fingerprint density at radius 3 is 1.35 bits per heavy atom. The van der Waals surface area contributed by atoms with Gasteiger partial charge in [-0.05, 0) is 41.0 Å². The maximum Gasteiger partial charge on any atom is 0.161 e. The van der Waals surface area contributed by atoms with Gasteiger partial charge in [0.15, 0.2) is 5.82 Å². The van der Waals surface area contributed by atoms with Gasteiger partial charge in [0.05, 0.1) is 28.1 Å². The summed E-state index contributed by atoms with van der Waals surface area (Å²) in [6, 6.07) is 65.0. The monoisotopic (exact) mass is 650 g/mol. The summed E-state index contributed by atoms with van der Waals surface area (Å²) in [5.74, 6) is 0.547. The Balaban J connectivity index is 1.46. The topological polar surface area (TPSA) is 54.5 Å². The number of nitriles is 1. The van der Waals surface area contributed by atoms with E-state index in [2.05, 4.69) is 120 Å². The van der Waals surface area contributed by atoms with Crippen LogP contribution in [0.2, 0.25) is 0 Å². The van der Waals surface area contributed by atoms with Crippen LogP contribution in [0.25, 0.3) is 83.6 Å². The van der Waals surface area contributed by atoms with E-state index in [-0.39, 0.29) is 0 Å². The Morgan fingerprint density at radius 1 is 0.431 bits per heavy atom. The Labute approximate surface area is 296 Å². The first kappa shape index (κ1) is 30.0. The number of para-hydroxylation sites is 2. The molecular formula is C47H30N4. The van der Waals surface area contributed by atoms with Crippen LogP contribution in [0.5, 0.6) is 0 Å². The van der Waals surface area contributed by atoms with E-state index in [9.17, 15) is 5.26 Å². The Hall–Kier alpha value is -7.09. The SMILES string of the molecule is N#Cc1c(-c2ccccc2)nc(-c2cc(-c3ccccc3)cc(-n3c4ccccc4c4ccccc43)c2-c2ccccc2)nc1-c1ccccc1. The third-order valence-electron chi connectivity index (χ3n) is 9.46. The maximum atomic E-state index is 10.6. The van der Waals surface area contributed by atoms with Gasteiger partial charge in [0.25, 0.3) is 0 Å². The lowest BCUT2D eigenvalue weighted by Crippen LogP contribution is -2.05. The number of benzene rings is 7. The average Bonchev–Trinajstić information content (AvgIpc) is 3.55. The molecule has 0 radical (unpaired) electrons. The molecule has 4 heteroatoms. The molecule has 2 heterocycles. The zero-order chi connectivity index (χ0) is 34.1. The molecule has 51 heavy (non-hydrogen) atoms. The van der Waals surface area contributed by atoms with E-state index in [1.807, 2.05) is 72.8 Å². The number of nitrogens with zero attached hydrogens (tertiary/aromatic N) is 4. The zero-order valence-corrected chi connectivity index (χ0v) is 27.6. The summed E-state index contributed by atoms with van der Waals surface area (Å²) >= 11 is 0. The number of rotatable bonds is 6. The lowest BCUT2D eigenvalue weighted by Gasteiger charge is -2.21. The molecule has 0 aliphatic heterocycles. The minimum atomic E-state index is 0.444. The Morgan fingerprint density at radius 2 is 0.863 bits per heavy atom. The molecule has 0 N–H and O–H groups in total. The highest BCUT2D eigenvalue weighted by Gasteiger charge is 2.24. The van der Waals surface area contributed by atoms with Crippen LogP contribution in [0.4, 0.5) is 0 Å². The van der Waals surface area contributed by atoms with Gasteiger partial charge in [-0.3, -0.25) is 0 Å². The number of hydrogen-bond donors (Lipinski definition) is 0. The van der Waals surface area contributed by atoms with Crippen LogP contribution in [0.1, 0.15) is 5.56 Å². The summed E-state index contributed by atoms with van der Waals surface area (Å²) in [6.45, 7) is 0. The molecule has 0 aliphatic rings. The molecule has 0 saturated heterocycles. The van der Waals surface area contributed by atoms with Crippen LogP contribution >= 0.6 is 0 Å². The van der Waals surface area contributed by atoms with E-state index in [0.717, 1.165) is 55.7 Å². The molecule has 0 spiro atoms. The molecule has 0 fully saturated rings. The van der Waals surface area contributed by atoms with Crippen molar-refractivity contribution < 1.29 is 0 Å². The van der Waals surface area contributed by atoms with Crippen LogP contribution in [-0.4, -0.2) is 14.5 Å². The standard InChI is InChI=1S/C47H30N4/c48-31-40-45(34-21-9-3-10-22-34)49-47(50-46(40)35-23-11-4-12-24-35)39-29-36(32-17-5-1-6-18-32)30-43(44(39)33-19-7-2-8-20-33)51-41-27-15-13-25-37(41)38-26-14-16-28-42(38)51/h1-30H. The molecular weight excluding hydrogens is 621 g/mol. The second-order valence-electron chi connectivity index (χ2n) is 12.5. The molecule has 0 bridgehead atoms. The normalized spacial score (nSPS) is 11.1. The molecule has 9 rings (SSSR count). The van der Waals surface area contributed by atoms with E-state index in [4.69, 9.17) is 9.97 Å². The largest absolute Gasteiger partial charge is 0.309 e. The molecule has 0 atom stereocenters. The van der Waals surface area contributed by atoms with Gasteiger partial charge in [0.1, 0.15) is 11.6 Å². The zero-order valence-electron chi connectivity index (χ0n) is 27.6. The number of hydrogen-bond acceptors (Lipinski definition) is 3. The molecule has 2 aromatic heterocycles. The fraction of sp³-hybridized carbons (Fsp3) is 0. The highest BCUT2D eigenvalue weighted by atomic mass is 15.0. The van der Waals surface area contributed by atoms with Crippen LogP contribution < -0.4 is 0 Å². The van der Waals surface area contributed by atoms with Gasteiger partial charge in [0, 0.05) is 33.0 Å². The molecule has 0 unspecified atom stereocenters. The quantitative estimate of drug-likeness (QED) is 0.180. The predicted octanol–water partition coefficient (Wildman–Crippen LogP) is 11.8. The molecule has 0 saturated carbocycles. The Kier molecular flexibility index (Phi) is 7.50. The average molecular weight is 651 g/mol. The highest BCUT2D eigenvalue weighted by molar-refractivity contribution is 6.10. The highest BCUT2D eigenvalue weighted by Crippen LogP contribution is 2.44. The van der Waals surface area contributed by atoms with Crippen molar-refractivity contribution >= 4 is 21.8 Å². The fourth-order valence-electron chi connectivity index (χ4n) is 7.16. The third kappa shape index (κ3) is 5.25. The molecule has 4 nitrogen and oxygen atoms in total. The van der Waals surface area contributed by atoms with Crippen molar-refractivity contribution in [2.45, 2.75) is 0 Å². The molecule has 238 valence electrons. The van der Waals surface area contributed by atoms with Gasteiger partial charge >= 0.3 is 0 Å². The van der Waals surface area contributed by atoms with Crippen LogP contribution in [0.15, 0.2) is 182 Å². The second-order valence-corrected chi connectivity index (χ2v) is 12.5. The summed E-state index contributed by atoms with van der Waals surface area (Å²) in [5, 5.41) is 13.0. The van der Waals surface area contributed by atoms with E-state index >= 15 is 0 Å². The van der Waals surface area contributed by atoms with Crippen molar-refractivity contribution in [1.29, 1.82) is 5.26 Å². The minimum Gasteiger partial charge on any atom is -0.309 e. The van der Waals surface area contributed by atoms with Crippen molar-refractivity contribution in [2.24, 2.45) is 0 Å². The summed E-state index contributed by atoms with van der Waals surface area (Å²) in [6.07, 6.45) is 0. The van der Waals surface area contributed by atoms with Crippen molar-refractivity contribution in [3.8, 4) is 67.9 Å². The van der Waals surface area contributed by atoms with Gasteiger partial charge in [0.2, 0.25) is 0 Å². The molecule has 0 amide bonds. The van der Waals surface area contributed by atoms with Crippen LogP contribution in [-0.2, 0) is 0 Å². The lowest BCUT2D eigenvalue weighted by atomic mass is 9.91.